The standard InChI is InChI=1S/C23H24ClF6N5O2/c24-15-3-1-14(2-4-15)11-34-9-6-16(7-10-34)32-17-12-35(13-18(17)37-20(36)23(28,29)30)21-31-8-5-19(33-21)22(25,26)27/h1-5,8,16-18,32H,6-7,9-13H2. The Kier molecular flexibility index (Phi) is 8.14. The van der Waals surface area contributed by atoms with Gasteiger partial charge in [-0.1, -0.05) is 23.7 Å². The molecule has 2 aromatic rings. The topological polar surface area (TPSA) is 70.6 Å². The quantitative estimate of drug-likeness (QED) is 0.429. The zero-order valence-electron chi connectivity index (χ0n) is 19.4. The zero-order valence-corrected chi connectivity index (χ0v) is 20.2. The molecule has 0 spiro atoms. The van der Waals surface area contributed by atoms with Gasteiger partial charge in [0, 0.05) is 30.4 Å². The number of aromatic nitrogens is 2. The van der Waals surface area contributed by atoms with Crippen molar-refractivity contribution in [3.63, 3.8) is 0 Å². The molecule has 2 unspecified atom stereocenters. The first-order valence-corrected chi connectivity index (χ1v) is 11.9. The van der Waals surface area contributed by atoms with Crippen molar-refractivity contribution in [1.82, 2.24) is 20.2 Å². The molecule has 0 bridgehead atoms. The first-order chi connectivity index (χ1) is 17.4. The number of esters is 1. The van der Waals surface area contributed by atoms with Gasteiger partial charge in [0.1, 0.15) is 11.8 Å². The van der Waals surface area contributed by atoms with Gasteiger partial charge in [-0.2, -0.15) is 26.3 Å². The molecule has 7 nitrogen and oxygen atoms in total. The molecule has 202 valence electrons. The van der Waals surface area contributed by atoms with Crippen LogP contribution in [0.15, 0.2) is 36.5 Å². The van der Waals surface area contributed by atoms with Gasteiger partial charge in [-0.05, 0) is 49.7 Å². The number of nitrogens with zero attached hydrogens (tertiary/aromatic N) is 4. The third kappa shape index (κ3) is 7.23. The van der Waals surface area contributed by atoms with E-state index in [1.54, 1.807) is 0 Å². The van der Waals surface area contributed by atoms with Crippen molar-refractivity contribution in [2.45, 2.75) is 49.9 Å². The van der Waals surface area contributed by atoms with E-state index >= 15 is 0 Å². The van der Waals surface area contributed by atoms with E-state index in [0.717, 1.165) is 31.4 Å². The van der Waals surface area contributed by atoms with Crippen LogP contribution in [-0.4, -0.2) is 71.4 Å². The summed E-state index contributed by atoms with van der Waals surface area (Å²) in [4.78, 5) is 22.4. The van der Waals surface area contributed by atoms with Crippen LogP contribution in [-0.2, 0) is 22.3 Å². The minimum absolute atomic E-state index is 0.0257. The third-order valence-corrected chi connectivity index (χ3v) is 6.58. The molecule has 14 heteroatoms. The van der Waals surface area contributed by atoms with Gasteiger partial charge in [0.25, 0.3) is 0 Å². The molecule has 2 saturated heterocycles. The van der Waals surface area contributed by atoms with Gasteiger partial charge in [0.05, 0.1) is 12.6 Å². The molecule has 0 radical (unpaired) electrons. The van der Waals surface area contributed by atoms with E-state index in [9.17, 15) is 31.1 Å². The second-order valence-corrected chi connectivity index (χ2v) is 9.47. The average Bonchev–Trinajstić information content (AvgIpc) is 3.23. The smallest absolute Gasteiger partial charge is 0.452 e. The minimum atomic E-state index is -5.20. The molecular formula is C23H24ClF6N5O2. The number of rotatable bonds is 6. The number of benzene rings is 1. The lowest BCUT2D eigenvalue weighted by Gasteiger charge is -2.34. The summed E-state index contributed by atoms with van der Waals surface area (Å²) in [7, 11) is 0. The number of ether oxygens (including phenoxy) is 1. The molecular weight excluding hydrogens is 528 g/mol. The average molecular weight is 552 g/mol. The molecule has 2 aliphatic heterocycles. The highest BCUT2D eigenvalue weighted by molar-refractivity contribution is 6.30. The molecule has 4 rings (SSSR count). The molecule has 2 fully saturated rings. The van der Waals surface area contributed by atoms with Gasteiger partial charge in [-0.3, -0.25) is 4.90 Å². The minimum Gasteiger partial charge on any atom is -0.452 e. The number of piperidine rings is 1. The van der Waals surface area contributed by atoms with Gasteiger partial charge in [0.2, 0.25) is 5.95 Å². The van der Waals surface area contributed by atoms with Gasteiger partial charge in [0.15, 0.2) is 0 Å². The van der Waals surface area contributed by atoms with Crippen molar-refractivity contribution < 1.29 is 35.9 Å². The summed E-state index contributed by atoms with van der Waals surface area (Å²) < 4.78 is 82.6. The highest BCUT2D eigenvalue weighted by atomic mass is 35.5. The monoisotopic (exact) mass is 551 g/mol. The molecule has 0 saturated carbocycles. The van der Waals surface area contributed by atoms with Crippen molar-refractivity contribution in [2.75, 3.05) is 31.1 Å². The Hall–Kier alpha value is -2.64. The lowest BCUT2D eigenvalue weighted by Crippen LogP contribution is -2.51. The van der Waals surface area contributed by atoms with Crippen LogP contribution in [0.3, 0.4) is 0 Å². The Labute approximate surface area is 213 Å². The SMILES string of the molecule is O=C(OC1CN(c2nccc(C(F)(F)F)n2)CC1NC1CCN(Cc2ccc(Cl)cc2)CC1)C(F)(F)F. The molecule has 2 atom stereocenters. The first kappa shape index (κ1) is 27.4. The summed E-state index contributed by atoms with van der Waals surface area (Å²) in [6.45, 7) is 1.86. The van der Waals surface area contributed by atoms with E-state index in [2.05, 4.69) is 20.2 Å². The summed E-state index contributed by atoms with van der Waals surface area (Å²) in [6.07, 6.45) is -8.86. The second-order valence-electron chi connectivity index (χ2n) is 9.04. The fourth-order valence-corrected chi connectivity index (χ4v) is 4.61. The molecule has 37 heavy (non-hydrogen) atoms. The molecule has 0 amide bonds. The maximum Gasteiger partial charge on any atom is 0.490 e. The van der Waals surface area contributed by atoms with Gasteiger partial charge in [-0.25, -0.2) is 14.8 Å². The second kappa shape index (κ2) is 11.0. The number of hydrogen-bond acceptors (Lipinski definition) is 7. The van der Waals surface area contributed by atoms with Crippen LogP contribution in [0.4, 0.5) is 32.3 Å². The number of carbonyl (C=O) groups excluding carboxylic acids is 1. The van der Waals surface area contributed by atoms with E-state index in [4.69, 9.17) is 16.3 Å². The fourth-order valence-electron chi connectivity index (χ4n) is 4.49. The molecule has 2 aliphatic rings. The number of alkyl halides is 6. The first-order valence-electron chi connectivity index (χ1n) is 11.5. The van der Waals surface area contributed by atoms with Crippen molar-refractivity contribution in [3.8, 4) is 0 Å². The van der Waals surface area contributed by atoms with Crippen LogP contribution >= 0.6 is 11.6 Å². The number of likely N-dealkylation sites (tertiary alicyclic amines) is 1. The van der Waals surface area contributed by atoms with Crippen LogP contribution in [0.5, 0.6) is 0 Å². The highest BCUT2D eigenvalue weighted by Crippen LogP contribution is 2.30. The maximum atomic E-state index is 13.1. The number of nitrogens with one attached hydrogen (secondary N) is 1. The lowest BCUT2D eigenvalue weighted by molar-refractivity contribution is -0.204. The Morgan fingerprint density at radius 2 is 1.73 bits per heavy atom. The van der Waals surface area contributed by atoms with Gasteiger partial charge in [-0.15, -0.1) is 0 Å². The van der Waals surface area contributed by atoms with E-state index in [-0.39, 0.29) is 25.1 Å². The number of hydrogen-bond donors (Lipinski definition) is 1. The maximum absolute atomic E-state index is 13.1. The summed E-state index contributed by atoms with van der Waals surface area (Å²) in [5, 5.41) is 3.90. The molecule has 1 N–H and O–H groups in total. The number of halogens is 7. The lowest BCUT2D eigenvalue weighted by atomic mass is 10.0. The van der Waals surface area contributed by atoms with Crippen LogP contribution in [0.2, 0.25) is 5.02 Å². The Balaban J connectivity index is 1.40. The predicted molar refractivity (Wildman–Crippen MR) is 122 cm³/mol. The van der Waals surface area contributed by atoms with Crippen molar-refractivity contribution in [3.05, 3.63) is 52.8 Å². The molecule has 3 heterocycles. The zero-order chi connectivity index (χ0) is 26.8. The number of anilines is 1. The highest BCUT2D eigenvalue weighted by Gasteiger charge is 2.46. The number of carbonyl (C=O) groups is 1. The third-order valence-electron chi connectivity index (χ3n) is 6.33. The van der Waals surface area contributed by atoms with Crippen LogP contribution in [0.1, 0.15) is 24.1 Å². The Morgan fingerprint density at radius 3 is 2.35 bits per heavy atom. The van der Waals surface area contributed by atoms with Crippen LogP contribution in [0.25, 0.3) is 0 Å². The molecule has 1 aromatic carbocycles. The largest absolute Gasteiger partial charge is 0.490 e. The van der Waals surface area contributed by atoms with E-state index in [1.807, 2.05) is 24.3 Å². The van der Waals surface area contributed by atoms with E-state index in [1.165, 1.54) is 4.90 Å². The summed E-state index contributed by atoms with van der Waals surface area (Å²) in [5.74, 6) is -2.65. The summed E-state index contributed by atoms with van der Waals surface area (Å²) >= 11 is 5.92. The summed E-state index contributed by atoms with van der Waals surface area (Å²) in [5.41, 5.74) is -0.0757. The van der Waals surface area contributed by atoms with E-state index in [0.29, 0.717) is 23.9 Å². The molecule has 1 aromatic heterocycles. The van der Waals surface area contributed by atoms with Gasteiger partial charge < -0.3 is 15.0 Å². The normalized spacial score (nSPS) is 21.9. The van der Waals surface area contributed by atoms with Crippen molar-refractivity contribution in [2.24, 2.45) is 0 Å². The van der Waals surface area contributed by atoms with Crippen LogP contribution < -0.4 is 10.2 Å². The Morgan fingerprint density at radius 1 is 1.05 bits per heavy atom. The summed E-state index contributed by atoms with van der Waals surface area (Å²) in [6, 6.07) is 7.37. The van der Waals surface area contributed by atoms with E-state index < -0.39 is 36.2 Å². The fraction of sp³-hybridized carbons (Fsp3) is 0.522. The predicted octanol–water partition coefficient (Wildman–Crippen LogP) is 4.07. The van der Waals surface area contributed by atoms with Crippen molar-refractivity contribution >= 4 is 23.5 Å². The van der Waals surface area contributed by atoms with Crippen LogP contribution in [0, 0.1) is 0 Å². The van der Waals surface area contributed by atoms with Crippen molar-refractivity contribution in [1.29, 1.82) is 0 Å². The Bertz CT molecular complexity index is 1080. The van der Waals surface area contributed by atoms with Gasteiger partial charge >= 0.3 is 18.3 Å². The molecule has 0 aliphatic carbocycles.